The molecule has 0 amide bonds. The highest BCUT2D eigenvalue weighted by Gasteiger charge is 2.16. The average Bonchev–Trinajstić information content (AvgIpc) is 2.37. The number of halogens is 1. The van der Waals surface area contributed by atoms with Gasteiger partial charge in [0.2, 0.25) is 0 Å². The Morgan fingerprint density at radius 3 is 3.06 bits per heavy atom. The number of rotatable bonds is 4. The Morgan fingerprint density at radius 1 is 1.53 bits per heavy atom. The minimum absolute atomic E-state index is 0.160. The van der Waals surface area contributed by atoms with Crippen LogP contribution >= 0.6 is 11.8 Å². The molecule has 1 fully saturated rings. The number of benzene rings is 1. The molecule has 1 aliphatic rings. The van der Waals surface area contributed by atoms with Gasteiger partial charge in [-0.1, -0.05) is 6.07 Å². The highest BCUT2D eigenvalue weighted by atomic mass is 32.2. The molecule has 0 spiro atoms. The molecule has 2 nitrogen and oxygen atoms in total. The summed E-state index contributed by atoms with van der Waals surface area (Å²) in [6, 6.07) is 7.36. The highest BCUT2D eigenvalue weighted by molar-refractivity contribution is 7.99. The van der Waals surface area contributed by atoms with Gasteiger partial charge in [0.1, 0.15) is 5.82 Å². The minimum Gasteiger partial charge on any atom is -0.370 e. The van der Waals surface area contributed by atoms with Crippen molar-refractivity contribution in [2.24, 2.45) is 0 Å². The van der Waals surface area contributed by atoms with E-state index < -0.39 is 0 Å². The van der Waals surface area contributed by atoms with Crippen LogP contribution in [0, 0.1) is 5.82 Å². The molecule has 0 aromatic heterocycles. The van der Waals surface area contributed by atoms with Crippen LogP contribution in [0.2, 0.25) is 0 Å². The topological polar surface area (TPSA) is 15.3 Å². The van der Waals surface area contributed by atoms with Crippen LogP contribution in [0.25, 0.3) is 0 Å². The van der Waals surface area contributed by atoms with Gasteiger partial charge < -0.3 is 10.2 Å². The van der Waals surface area contributed by atoms with Crippen LogP contribution in [0.4, 0.5) is 10.1 Å². The molecule has 1 N–H and O–H groups in total. The zero-order valence-electron chi connectivity index (χ0n) is 10.2. The molecule has 0 bridgehead atoms. The lowest BCUT2D eigenvalue weighted by molar-refractivity contribution is 0.552. The van der Waals surface area contributed by atoms with E-state index in [9.17, 15) is 4.39 Å². The molecule has 1 aromatic rings. The quantitative estimate of drug-likeness (QED) is 0.888. The standard InChI is InChI=1S/C13H19FN2S/c1-2-16(9-12-10-17-7-6-15-12)13-5-3-4-11(14)8-13/h3-5,8,12,15H,2,6-7,9-10H2,1H3. The van der Waals surface area contributed by atoms with Crippen molar-refractivity contribution in [2.75, 3.05) is 36.0 Å². The first-order valence-electron chi connectivity index (χ1n) is 6.11. The van der Waals surface area contributed by atoms with E-state index in [0.29, 0.717) is 6.04 Å². The fourth-order valence-electron chi connectivity index (χ4n) is 2.09. The molecule has 0 radical (unpaired) electrons. The molecular formula is C13H19FN2S. The van der Waals surface area contributed by atoms with Gasteiger partial charge in [-0.05, 0) is 25.1 Å². The first-order valence-corrected chi connectivity index (χ1v) is 7.26. The van der Waals surface area contributed by atoms with E-state index >= 15 is 0 Å². The van der Waals surface area contributed by atoms with Gasteiger partial charge in [-0.25, -0.2) is 4.39 Å². The third kappa shape index (κ3) is 3.61. The van der Waals surface area contributed by atoms with Gasteiger partial charge in [-0.2, -0.15) is 11.8 Å². The van der Waals surface area contributed by atoms with Crippen LogP contribution in [0.1, 0.15) is 6.92 Å². The zero-order valence-corrected chi connectivity index (χ0v) is 11.0. The second-order valence-electron chi connectivity index (χ2n) is 4.24. The maximum absolute atomic E-state index is 13.2. The third-order valence-corrected chi connectivity index (χ3v) is 4.13. The molecular weight excluding hydrogens is 235 g/mol. The van der Waals surface area contributed by atoms with E-state index in [1.165, 1.54) is 11.8 Å². The summed E-state index contributed by atoms with van der Waals surface area (Å²) in [5, 5.41) is 3.51. The molecule has 1 aliphatic heterocycles. The molecule has 1 atom stereocenters. The van der Waals surface area contributed by atoms with Gasteiger partial charge in [0.25, 0.3) is 0 Å². The van der Waals surface area contributed by atoms with Crippen LogP contribution < -0.4 is 10.2 Å². The Morgan fingerprint density at radius 2 is 2.41 bits per heavy atom. The van der Waals surface area contributed by atoms with Crippen LogP contribution in [-0.2, 0) is 0 Å². The van der Waals surface area contributed by atoms with Gasteiger partial charge in [0, 0.05) is 42.9 Å². The van der Waals surface area contributed by atoms with Gasteiger partial charge in [0.05, 0.1) is 0 Å². The Labute approximate surface area is 107 Å². The molecule has 2 rings (SSSR count). The fourth-order valence-corrected chi connectivity index (χ4v) is 3.03. The Kier molecular flexibility index (Phi) is 4.68. The van der Waals surface area contributed by atoms with E-state index in [1.54, 1.807) is 12.1 Å². The van der Waals surface area contributed by atoms with Crippen molar-refractivity contribution in [2.45, 2.75) is 13.0 Å². The van der Waals surface area contributed by atoms with Crippen LogP contribution in [0.15, 0.2) is 24.3 Å². The first kappa shape index (κ1) is 12.7. The van der Waals surface area contributed by atoms with Crippen LogP contribution in [0.3, 0.4) is 0 Å². The number of nitrogens with one attached hydrogen (secondary N) is 1. The zero-order chi connectivity index (χ0) is 12.1. The van der Waals surface area contributed by atoms with Gasteiger partial charge in [-0.3, -0.25) is 0 Å². The fraction of sp³-hybridized carbons (Fsp3) is 0.538. The largest absolute Gasteiger partial charge is 0.370 e. The number of hydrogen-bond acceptors (Lipinski definition) is 3. The summed E-state index contributed by atoms with van der Waals surface area (Å²) in [6.45, 7) is 5.05. The summed E-state index contributed by atoms with van der Waals surface area (Å²) in [5.74, 6) is 2.18. The SMILES string of the molecule is CCN(CC1CSCCN1)c1cccc(F)c1. The first-order chi connectivity index (χ1) is 8.29. The monoisotopic (exact) mass is 254 g/mol. The third-order valence-electron chi connectivity index (χ3n) is 2.99. The Balaban J connectivity index is 2.00. The van der Waals surface area contributed by atoms with E-state index in [-0.39, 0.29) is 5.82 Å². The van der Waals surface area contributed by atoms with Crippen molar-refractivity contribution in [3.63, 3.8) is 0 Å². The van der Waals surface area contributed by atoms with Crippen LogP contribution in [-0.4, -0.2) is 37.2 Å². The van der Waals surface area contributed by atoms with Crippen molar-refractivity contribution in [1.29, 1.82) is 0 Å². The molecule has 17 heavy (non-hydrogen) atoms. The Bertz CT molecular complexity index is 353. The maximum atomic E-state index is 13.2. The second-order valence-corrected chi connectivity index (χ2v) is 5.39. The second kappa shape index (κ2) is 6.26. The number of anilines is 1. The maximum Gasteiger partial charge on any atom is 0.125 e. The molecule has 94 valence electrons. The number of likely N-dealkylation sites (N-methyl/N-ethyl adjacent to an activating group) is 1. The van der Waals surface area contributed by atoms with E-state index in [4.69, 9.17) is 0 Å². The summed E-state index contributed by atoms with van der Waals surface area (Å²) in [4.78, 5) is 2.23. The van der Waals surface area contributed by atoms with Gasteiger partial charge in [-0.15, -0.1) is 0 Å². The molecule has 1 saturated heterocycles. The Hall–Kier alpha value is -0.740. The molecule has 1 heterocycles. The molecule has 0 aliphatic carbocycles. The molecule has 0 saturated carbocycles. The van der Waals surface area contributed by atoms with Crippen molar-refractivity contribution in [3.8, 4) is 0 Å². The van der Waals surface area contributed by atoms with Crippen molar-refractivity contribution < 1.29 is 4.39 Å². The number of hydrogen-bond donors (Lipinski definition) is 1. The van der Waals surface area contributed by atoms with Crippen LogP contribution in [0.5, 0.6) is 0 Å². The summed E-state index contributed by atoms with van der Waals surface area (Å²) in [5.41, 5.74) is 0.977. The van der Waals surface area contributed by atoms with Crippen molar-refractivity contribution >= 4 is 17.4 Å². The molecule has 1 aromatic carbocycles. The molecule has 1 unspecified atom stereocenters. The summed E-state index contributed by atoms with van der Waals surface area (Å²) < 4.78 is 13.2. The van der Waals surface area contributed by atoms with Gasteiger partial charge in [0.15, 0.2) is 0 Å². The smallest absolute Gasteiger partial charge is 0.125 e. The lowest BCUT2D eigenvalue weighted by Gasteiger charge is -2.31. The summed E-state index contributed by atoms with van der Waals surface area (Å²) in [7, 11) is 0. The minimum atomic E-state index is -0.160. The predicted molar refractivity (Wildman–Crippen MR) is 73.4 cm³/mol. The lowest BCUT2D eigenvalue weighted by atomic mass is 10.2. The summed E-state index contributed by atoms with van der Waals surface area (Å²) in [6.07, 6.45) is 0. The summed E-state index contributed by atoms with van der Waals surface area (Å²) >= 11 is 1.99. The van der Waals surface area contributed by atoms with E-state index in [1.807, 2.05) is 17.8 Å². The average molecular weight is 254 g/mol. The number of nitrogens with zero attached hydrogens (tertiary/aromatic N) is 1. The number of thioether (sulfide) groups is 1. The lowest BCUT2D eigenvalue weighted by Crippen LogP contribution is -2.46. The van der Waals surface area contributed by atoms with E-state index in [2.05, 4.69) is 17.1 Å². The van der Waals surface area contributed by atoms with Crippen molar-refractivity contribution in [3.05, 3.63) is 30.1 Å². The van der Waals surface area contributed by atoms with Gasteiger partial charge >= 0.3 is 0 Å². The predicted octanol–water partition coefficient (Wildman–Crippen LogP) is 2.36. The van der Waals surface area contributed by atoms with E-state index in [0.717, 1.165) is 31.1 Å². The molecule has 4 heteroatoms. The van der Waals surface area contributed by atoms with Crippen molar-refractivity contribution in [1.82, 2.24) is 5.32 Å². The normalized spacial score (nSPS) is 20.2. The highest BCUT2D eigenvalue weighted by Crippen LogP contribution is 2.17.